The van der Waals surface area contributed by atoms with Crippen molar-refractivity contribution in [3.05, 3.63) is 14.0 Å². The van der Waals surface area contributed by atoms with E-state index >= 15 is 0 Å². The summed E-state index contributed by atoms with van der Waals surface area (Å²) in [5.41, 5.74) is 0.0433. The van der Waals surface area contributed by atoms with E-state index in [1.165, 1.54) is 0 Å². The quantitative estimate of drug-likeness (QED) is 0.728. The largest absolute Gasteiger partial charge is 0.368 e. The van der Waals surface area contributed by atoms with Crippen LogP contribution in [0.1, 0.15) is 60.8 Å². The Morgan fingerprint density at radius 1 is 1.10 bits per heavy atom. The molecule has 1 N–H and O–H groups in total. The van der Waals surface area contributed by atoms with E-state index in [1.807, 2.05) is 25.5 Å². The summed E-state index contributed by atoms with van der Waals surface area (Å²) in [6.45, 7) is 15.8. The minimum Gasteiger partial charge on any atom is -0.368 e. The molecule has 0 aliphatic carbocycles. The molecule has 21 heavy (non-hydrogen) atoms. The van der Waals surface area contributed by atoms with Gasteiger partial charge in [-0.1, -0.05) is 47.0 Å². The molecule has 6 heteroatoms. The molecular weight excluding hydrogens is 363 g/mol. The van der Waals surface area contributed by atoms with Crippen LogP contribution in [0.4, 0.5) is 0 Å². The molecule has 0 fully saturated rings. The fourth-order valence-electron chi connectivity index (χ4n) is 0.870. The van der Waals surface area contributed by atoms with Gasteiger partial charge < -0.3 is 11.6 Å². The van der Waals surface area contributed by atoms with Crippen molar-refractivity contribution in [2.24, 2.45) is 10.8 Å². The monoisotopic (exact) mass is 394 g/mol. The van der Waals surface area contributed by atoms with E-state index < -0.39 is 10.0 Å². The maximum Gasteiger partial charge on any atom is 0.184 e. The number of hydrogen-bond donors (Lipinski definition) is 1. The number of nitrogens with one attached hydrogen (secondary N) is 1. The average molecular weight is 394 g/mol. The minimum absolute atomic E-state index is 0. The number of ketones is 1. The summed E-state index contributed by atoms with van der Waals surface area (Å²) < 4.78 is 23.9. The Morgan fingerprint density at radius 3 is 1.71 bits per heavy atom. The van der Waals surface area contributed by atoms with Crippen molar-refractivity contribution in [2.45, 2.75) is 60.8 Å². The van der Waals surface area contributed by atoms with Gasteiger partial charge in [0.05, 0.1) is 5.75 Å². The molecular formula is C15H31NO3SY-2. The maximum absolute atomic E-state index is 11.4. The zero-order valence-electron chi connectivity index (χ0n) is 14.5. The standard InChI is InChI=1S/C9H18NO3S.C6H13.Y/c1-9(2,3)8(11)6-5-7-14(12,13)10-4;1-5-6(2,3)4;/h10H,4-7H2,1-3H3;1,5H2,2-4H3;/q2*-1;. The summed E-state index contributed by atoms with van der Waals surface area (Å²) in [6, 6.07) is 0. The number of sulfonamides is 1. The van der Waals surface area contributed by atoms with Crippen LogP contribution in [0, 0.1) is 24.8 Å². The van der Waals surface area contributed by atoms with Crippen LogP contribution in [0.15, 0.2) is 0 Å². The molecule has 0 aromatic carbocycles. The third-order valence-corrected chi connectivity index (χ3v) is 3.89. The second-order valence-electron chi connectivity index (χ2n) is 7.05. The molecule has 0 rings (SSSR count). The van der Waals surface area contributed by atoms with Crippen molar-refractivity contribution in [3.8, 4) is 0 Å². The van der Waals surface area contributed by atoms with E-state index in [0.29, 0.717) is 18.3 Å². The van der Waals surface area contributed by atoms with Crippen molar-refractivity contribution in [1.82, 2.24) is 4.72 Å². The van der Waals surface area contributed by atoms with E-state index in [0.717, 1.165) is 6.42 Å². The molecule has 0 heterocycles. The van der Waals surface area contributed by atoms with Crippen molar-refractivity contribution in [3.63, 3.8) is 0 Å². The molecule has 0 amide bonds. The van der Waals surface area contributed by atoms with E-state index in [-0.39, 0.29) is 49.7 Å². The van der Waals surface area contributed by atoms with Crippen LogP contribution < -0.4 is 4.72 Å². The van der Waals surface area contributed by atoms with Crippen LogP contribution in [-0.4, -0.2) is 20.0 Å². The average Bonchev–Trinajstić information content (AvgIpc) is 2.27. The van der Waals surface area contributed by atoms with E-state index in [9.17, 15) is 13.2 Å². The zero-order valence-corrected chi connectivity index (χ0v) is 18.1. The van der Waals surface area contributed by atoms with Crippen LogP contribution in [0.2, 0.25) is 0 Å². The molecule has 0 aromatic rings. The van der Waals surface area contributed by atoms with Gasteiger partial charge in [0.2, 0.25) is 0 Å². The molecule has 0 unspecified atom stereocenters. The van der Waals surface area contributed by atoms with Crippen molar-refractivity contribution in [2.75, 3.05) is 5.75 Å². The molecule has 0 atom stereocenters. The summed E-state index contributed by atoms with van der Waals surface area (Å²) in [4.78, 5) is 11.4. The Labute approximate surface area is 157 Å². The number of rotatable bonds is 5. The van der Waals surface area contributed by atoms with Gasteiger partial charge in [-0.05, 0) is 6.42 Å². The maximum atomic E-state index is 11.4. The Morgan fingerprint density at radius 2 is 1.48 bits per heavy atom. The van der Waals surface area contributed by atoms with Gasteiger partial charge in [0.25, 0.3) is 0 Å². The molecule has 4 nitrogen and oxygen atoms in total. The molecule has 0 saturated carbocycles. The molecule has 0 aliphatic heterocycles. The summed E-state index contributed by atoms with van der Waals surface area (Å²) >= 11 is 0. The molecule has 0 aromatic heterocycles. The van der Waals surface area contributed by atoms with Gasteiger partial charge in [0, 0.05) is 44.5 Å². The first-order valence-electron chi connectivity index (χ1n) is 6.84. The second-order valence-corrected chi connectivity index (χ2v) is 8.98. The zero-order chi connectivity index (χ0) is 16.6. The minimum atomic E-state index is -3.27. The Bertz CT molecular complexity index is 379. The van der Waals surface area contributed by atoms with Crippen LogP contribution in [0.3, 0.4) is 0 Å². The fraction of sp³-hybridized carbons (Fsp3) is 0.800. The molecule has 0 bridgehead atoms. The third-order valence-electron chi connectivity index (χ3n) is 2.62. The van der Waals surface area contributed by atoms with E-state index in [1.54, 1.807) is 0 Å². The number of carbonyl (C=O) groups excluding carboxylic acids is 1. The van der Waals surface area contributed by atoms with Gasteiger partial charge in [-0.15, -0.1) is 0 Å². The van der Waals surface area contributed by atoms with Crippen LogP contribution in [0.25, 0.3) is 0 Å². The molecule has 1 radical (unpaired) electrons. The topological polar surface area (TPSA) is 63.2 Å². The van der Waals surface area contributed by atoms with Gasteiger partial charge in [-0.25, -0.2) is 8.42 Å². The smallest absolute Gasteiger partial charge is 0.184 e. The third kappa shape index (κ3) is 18.6. The van der Waals surface area contributed by atoms with Crippen molar-refractivity contribution >= 4 is 15.8 Å². The molecule has 125 valence electrons. The van der Waals surface area contributed by atoms with Gasteiger partial charge in [-0.2, -0.15) is 6.42 Å². The summed E-state index contributed by atoms with van der Waals surface area (Å²) in [5.74, 6) is 0.0370. The summed E-state index contributed by atoms with van der Waals surface area (Å²) in [6.07, 6.45) is 1.67. The first-order chi connectivity index (χ1) is 8.75. The van der Waals surface area contributed by atoms with Gasteiger partial charge in [-0.3, -0.25) is 11.8 Å². The molecule has 0 saturated heterocycles. The first-order valence-corrected chi connectivity index (χ1v) is 8.49. The number of hydrogen-bond acceptors (Lipinski definition) is 3. The Kier molecular flexibility index (Phi) is 14.2. The predicted octanol–water partition coefficient (Wildman–Crippen LogP) is 3.35. The van der Waals surface area contributed by atoms with Crippen LogP contribution >= 0.6 is 0 Å². The van der Waals surface area contributed by atoms with Crippen molar-refractivity contribution < 1.29 is 45.9 Å². The van der Waals surface area contributed by atoms with Crippen molar-refractivity contribution in [1.29, 1.82) is 0 Å². The van der Waals surface area contributed by atoms with Gasteiger partial charge in [0.1, 0.15) is 5.78 Å². The normalized spacial score (nSPS) is 12.0. The Balaban J connectivity index is -0.000000394. The van der Waals surface area contributed by atoms with Crippen LogP contribution in [0.5, 0.6) is 0 Å². The van der Waals surface area contributed by atoms with Gasteiger partial charge >= 0.3 is 0 Å². The summed E-state index contributed by atoms with van der Waals surface area (Å²) in [5, 5.41) is 0. The predicted molar refractivity (Wildman–Crippen MR) is 85.4 cm³/mol. The van der Waals surface area contributed by atoms with Gasteiger partial charge in [0.15, 0.2) is 10.0 Å². The number of Topliss-reactive ketones (excluding diaryl/α,β-unsaturated/α-hetero) is 1. The Hall–Kier alpha value is 0.684. The fourth-order valence-corrected chi connectivity index (χ4v) is 1.54. The second kappa shape index (κ2) is 11.3. The first kappa shape index (κ1) is 26.6. The molecule has 0 aliphatic rings. The van der Waals surface area contributed by atoms with E-state index in [4.69, 9.17) is 0 Å². The summed E-state index contributed by atoms with van der Waals surface area (Å²) in [7, 11) is -0.193. The number of carbonyl (C=O) groups is 1. The van der Waals surface area contributed by atoms with E-state index in [2.05, 4.69) is 34.7 Å². The van der Waals surface area contributed by atoms with Crippen LogP contribution in [-0.2, 0) is 47.5 Å². The SMILES string of the molecule is [CH2-]CC(C)(C)C.[CH2-]NS(=O)(=O)CCCC(=O)C(C)(C)C.[Y]. The molecule has 0 spiro atoms.